The molecule has 0 unspecified atom stereocenters. The molecule has 7 nitrogen and oxygen atoms in total. The quantitative estimate of drug-likeness (QED) is 0.848. The highest BCUT2D eigenvalue weighted by molar-refractivity contribution is 5.96. The van der Waals surface area contributed by atoms with Gasteiger partial charge in [0.05, 0.1) is 12.2 Å². The van der Waals surface area contributed by atoms with Gasteiger partial charge in [-0.2, -0.15) is 0 Å². The van der Waals surface area contributed by atoms with Crippen LogP contribution in [-0.4, -0.2) is 79.7 Å². The highest BCUT2D eigenvalue weighted by Crippen LogP contribution is 2.31. The lowest BCUT2D eigenvalue weighted by atomic mass is 10.1. The summed E-state index contributed by atoms with van der Waals surface area (Å²) in [5.41, 5.74) is 1.50. The van der Waals surface area contributed by atoms with Crippen LogP contribution in [0.4, 0.5) is 5.69 Å². The number of piperazine rings is 1. The average Bonchev–Trinajstić information content (AvgIpc) is 2.54. The fourth-order valence-electron chi connectivity index (χ4n) is 3.00. The molecule has 1 fully saturated rings. The van der Waals surface area contributed by atoms with Crippen LogP contribution in [0.25, 0.3) is 0 Å². The Morgan fingerprint density at radius 3 is 2.74 bits per heavy atom. The van der Waals surface area contributed by atoms with Gasteiger partial charge in [0.2, 0.25) is 0 Å². The van der Waals surface area contributed by atoms with Gasteiger partial charge in [-0.05, 0) is 25.2 Å². The van der Waals surface area contributed by atoms with Crippen LogP contribution < -0.4 is 9.64 Å². The topological polar surface area (TPSA) is 73.3 Å². The zero-order valence-electron chi connectivity index (χ0n) is 13.4. The summed E-state index contributed by atoms with van der Waals surface area (Å²) in [4.78, 5) is 29.4. The van der Waals surface area contributed by atoms with E-state index in [1.54, 1.807) is 29.0 Å². The number of hydrogen-bond donors (Lipinski definition) is 1. The maximum atomic E-state index is 12.7. The number of aliphatic carboxylic acids is 1. The first kappa shape index (κ1) is 15.6. The van der Waals surface area contributed by atoms with Gasteiger partial charge in [0.1, 0.15) is 18.4 Å². The predicted octanol–water partition coefficient (Wildman–Crippen LogP) is 0.356. The van der Waals surface area contributed by atoms with Crippen LogP contribution in [0.5, 0.6) is 5.75 Å². The standard InChI is InChI=1S/C16H21N3O4/c1-17-5-6-19(10-13(17)16(21)22)15(20)11-3-4-12-14(9-11)23-8-7-18(12)2/h3-4,9,13H,5-8,10H2,1-2H3,(H,21,22)/t13-/m0/s1. The molecule has 23 heavy (non-hydrogen) atoms. The van der Waals surface area contributed by atoms with Crippen molar-refractivity contribution in [3.63, 3.8) is 0 Å². The zero-order valence-corrected chi connectivity index (χ0v) is 13.4. The summed E-state index contributed by atoms with van der Waals surface area (Å²) in [5, 5.41) is 9.26. The molecule has 0 bridgehead atoms. The lowest BCUT2D eigenvalue weighted by Gasteiger charge is -2.37. The monoisotopic (exact) mass is 319 g/mol. The van der Waals surface area contributed by atoms with Crippen LogP contribution in [-0.2, 0) is 4.79 Å². The van der Waals surface area contributed by atoms with E-state index in [9.17, 15) is 14.7 Å². The average molecular weight is 319 g/mol. The number of anilines is 1. The normalized spacial score (nSPS) is 21.6. The summed E-state index contributed by atoms with van der Waals surface area (Å²) in [7, 11) is 3.75. The molecule has 2 aliphatic heterocycles. The van der Waals surface area contributed by atoms with Crippen molar-refractivity contribution >= 4 is 17.6 Å². The van der Waals surface area contributed by atoms with Crippen molar-refractivity contribution in [3.8, 4) is 5.75 Å². The minimum Gasteiger partial charge on any atom is -0.490 e. The number of ether oxygens (including phenoxy) is 1. The lowest BCUT2D eigenvalue weighted by molar-refractivity contribution is -0.144. The number of likely N-dealkylation sites (N-methyl/N-ethyl adjacent to an activating group) is 2. The second kappa shape index (κ2) is 6.08. The summed E-state index contributed by atoms with van der Waals surface area (Å²) >= 11 is 0. The first-order valence-corrected chi connectivity index (χ1v) is 7.67. The molecule has 124 valence electrons. The molecule has 1 saturated heterocycles. The Morgan fingerprint density at radius 1 is 1.22 bits per heavy atom. The molecule has 0 saturated carbocycles. The van der Waals surface area contributed by atoms with E-state index in [2.05, 4.69) is 4.90 Å². The van der Waals surface area contributed by atoms with Crippen molar-refractivity contribution in [2.24, 2.45) is 0 Å². The molecule has 1 atom stereocenters. The number of nitrogens with zero attached hydrogens (tertiary/aromatic N) is 3. The Morgan fingerprint density at radius 2 is 2.00 bits per heavy atom. The van der Waals surface area contributed by atoms with Crippen molar-refractivity contribution in [1.82, 2.24) is 9.80 Å². The molecule has 2 aliphatic rings. The zero-order chi connectivity index (χ0) is 16.6. The number of rotatable bonds is 2. The van der Waals surface area contributed by atoms with Crippen molar-refractivity contribution in [1.29, 1.82) is 0 Å². The maximum absolute atomic E-state index is 12.7. The summed E-state index contributed by atoms with van der Waals surface area (Å²) in [6, 6.07) is 4.75. The number of hydrogen-bond acceptors (Lipinski definition) is 5. The van der Waals surface area contributed by atoms with E-state index in [0.717, 1.165) is 12.2 Å². The Labute approximate surface area is 135 Å². The van der Waals surface area contributed by atoms with Crippen LogP contribution >= 0.6 is 0 Å². The molecular formula is C16H21N3O4. The lowest BCUT2D eigenvalue weighted by Crippen LogP contribution is -2.56. The number of carbonyl (C=O) groups is 2. The second-order valence-corrected chi connectivity index (χ2v) is 6.04. The number of benzene rings is 1. The fraction of sp³-hybridized carbons (Fsp3) is 0.500. The van der Waals surface area contributed by atoms with Crippen molar-refractivity contribution in [3.05, 3.63) is 23.8 Å². The minimum absolute atomic E-state index is 0.149. The molecule has 1 aromatic carbocycles. The fourth-order valence-corrected chi connectivity index (χ4v) is 3.00. The SMILES string of the molecule is CN1CCOc2cc(C(=O)N3CCN(C)[C@H](C(=O)O)C3)ccc21. The third-order valence-corrected chi connectivity index (χ3v) is 4.52. The van der Waals surface area contributed by atoms with Gasteiger partial charge in [-0.15, -0.1) is 0 Å². The van der Waals surface area contributed by atoms with Crippen molar-refractivity contribution < 1.29 is 19.4 Å². The van der Waals surface area contributed by atoms with Gasteiger partial charge in [0.15, 0.2) is 0 Å². The maximum Gasteiger partial charge on any atom is 0.322 e. The third kappa shape index (κ3) is 2.96. The largest absolute Gasteiger partial charge is 0.490 e. The number of amides is 1. The van der Waals surface area contributed by atoms with Gasteiger partial charge >= 0.3 is 5.97 Å². The number of carbonyl (C=O) groups excluding carboxylic acids is 1. The minimum atomic E-state index is -0.902. The van der Waals surface area contributed by atoms with Crippen LogP contribution in [0.2, 0.25) is 0 Å². The van der Waals surface area contributed by atoms with Gasteiger partial charge in [-0.1, -0.05) is 0 Å². The van der Waals surface area contributed by atoms with E-state index in [1.165, 1.54) is 0 Å². The smallest absolute Gasteiger partial charge is 0.322 e. The Hall–Kier alpha value is -2.28. The van der Waals surface area contributed by atoms with Crippen LogP contribution in [0.3, 0.4) is 0 Å². The molecule has 3 rings (SSSR count). The molecule has 1 N–H and O–H groups in total. The van der Waals surface area contributed by atoms with Crippen LogP contribution in [0.1, 0.15) is 10.4 Å². The van der Waals surface area contributed by atoms with Gasteiger partial charge in [0, 0.05) is 32.2 Å². The first-order chi connectivity index (χ1) is 11.0. The van der Waals surface area contributed by atoms with Gasteiger partial charge < -0.3 is 19.6 Å². The first-order valence-electron chi connectivity index (χ1n) is 7.67. The summed E-state index contributed by atoms with van der Waals surface area (Å²) in [6.45, 7) is 2.68. The Kier molecular flexibility index (Phi) is 4.12. The second-order valence-electron chi connectivity index (χ2n) is 6.04. The summed E-state index contributed by atoms with van der Waals surface area (Å²) in [6.07, 6.45) is 0. The molecule has 1 amide bonds. The Balaban J connectivity index is 1.79. The van der Waals surface area contributed by atoms with E-state index in [0.29, 0.717) is 31.0 Å². The van der Waals surface area contributed by atoms with Gasteiger partial charge in [-0.3, -0.25) is 14.5 Å². The molecule has 1 aromatic rings. The van der Waals surface area contributed by atoms with E-state index >= 15 is 0 Å². The van der Waals surface area contributed by atoms with Gasteiger partial charge in [-0.25, -0.2) is 0 Å². The van der Waals surface area contributed by atoms with Crippen LogP contribution in [0, 0.1) is 0 Å². The number of carboxylic acid groups (broad SMARTS) is 1. The van der Waals surface area contributed by atoms with E-state index in [1.807, 2.05) is 13.1 Å². The highest BCUT2D eigenvalue weighted by atomic mass is 16.5. The van der Waals surface area contributed by atoms with E-state index in [4.69, 9.17) is 4.74 Å². The van der Waals surface area contributed by atoms with Crippen molar-refractivity contribution in [2.75, 3.05) is 51.8 Å². The van der Waals surface area contributed by atoms with Crippen LogP contribution in [0.15, 0.2) is 18.2 Å². The van der Waals surface area contributed by atoms with Crippen molar-refractivity contribution in [2.45, 2.75) is 6.04 Å². The molecule has 0 spiro atoms. The third-order valence-electron chi connectivity index (χ3n) is 4.52. The molecule has 0 aromatic heterocycles. The molecular weight excluding hydrogens is 298 g/mol. The molecule has 0 aliphatic carbocycles. The number of carboxylic acids is 1. The van der Waals surface area contributed by atoms with Gasteiger partial charge in [0.25, 0.3) is 5.91 Å². The van der Waals surface area contributed by atoms with E-state index in [-0.39, 0.29) is 12.5 Å². The number of fused-ring (bicyclic) bond motifs is 1. The highest BCUT2D eigenvalue weighted by Gasteiger charge is 2.32. The molecule has 0 radical (unpaired) electrons. The molecule has 2 heterocycles. The summed E-state index contributed by atoms with van der Waals surface area (Å²) < 4.78 is 5.63. The van der Waals surface area contributed by atoms with E-state index < -0.39 is 12.0 Å². The summed E-state index contributed by atoms with van der Waals surface area (Å²) in [5.74, 6) is -0.349. The Bertz CT molecular complexity index is 634. The molecule has 7 heteroatoms. The predicted molar refractivity (Wildman–Crippen MR) is 85.2 cm³/mol.